The molecule has 0 unspecified atom stereocenters. The Morgan fingerprint density at radius 2 is 1.59 bits per heavy atom. The van der Waals surface area contributed by atoms with Gasteiger partial charge >= 0.3 is 0 Å². The van der Waals surface area contributed by atoms with Crippen molar-refractivity contribution in [2.24, 2.45) is 0 Å². The smallest absolute Gasteiger partial charge is 0.0991 e. The van der Waals surface area contributed by atoms with E-state index in [4.69, 9.17) is 5.26 Å². The van der Waals surface area contributed by atoms with Crippen LogP contribution in [0, 0.1) is 11.3 Å². The van der Waals surface area contributed by atoms with Crippen molar-refractivity contribution >= 4 is 6.08 Å². The van der Waals surface area contributed by atoms with Crippen LogP contribution in [0.4, 0.5) is 0 Å². The molecule has 0 saturated heterocycles. The average Bonchev–Trinajstić information content (AvgIpc) is 2.89. The first kappa shape index (κ1) is 11.2. The van der Waals surface area contributed by atoms with E-state index in [-0.39, 0.29) is 0 Å². The largest absolute Gasteiger partial charge is 0.192 e. The normalized spacial score (nSPS) is 11.0. The van der Waals surface area contributed by atoms with Gasteiger partial charge < -0.3 is 0 Å². The topological polar surface area (TPSA) is 23.8 Å². The molecule has 82 valence electrons. The Balaban J connectivity index is 0.000000128. The van der Waals surface area contributed by atoms with Crippen molar-refractivity contribution in [2.45, 2.75) is 6.42 Å². The Kier molecular flexibility index (Phi) is 3.72. The fraction of sp³-hybridized carbons (Fsp3) is 0.0625. The van der Waals surface area contributed by atoms with E-state index >= 15 is 0 Å². The third-order valence-electron chi connectivity index (χ3n) is 2.59. The Hall–Kier alpha value is -2.33. The summed E-state index contributed by atoms with van der Waals surface area (Å²) in [5.74, 6) is 0. The van der Waals surface area contributed by atoms with Crippen LogP contribution >= 0.6 is 0 Å². The van der Waals surface area contributed by atoms with Crippen LogP contribution in [0.1, 0.15) is 16.7 Å². The molecule has 3 rings (SSSR count). The van der Waals surface area contributed by atoms with Crippen molar-refractivity contribution in [1.82, 2.24) is 0 Å². The quantitative estimate of drug-likeness (QED) is 0.661. The van der Waals surface area contributed by atoms with E-state index in [0.717, 1.165) is 6.42 Å². The molecule has 0 radical (unpaired) electrons. The number of hydrogen-bond acceptors (Lipinski definition) is 1. The molecular weight excluding hydrogens is 206 g/mol. The molecule has 17 heavy (non-hydrogen) atoms. The summed E-state index contributed by atoms with van der Waals surface area (Å²) in [6.45, 7) is 0. The first-order valence-corrected chi connectivity index (χ1v) is 5.60. The number of rotatable bonds is 0. The van der Waals surface area contributed by atoms with Crippen LogP contribution in [-0.4, -0.2) is 0 Å². The van der Waals surface area contributed by atoms with Gasteiger partial charge in [-0.15, -0.1) is 0 Å². The molecule has 0 spiro atoms. The first-order valence-electron chi connectivity index (χ1n) is 5.60. The van der Waals surface area contributed by atoms with Crippen molar-refractivity contribution in [3.05, 3.63) is 77.4 Å². The fourth-order valence-corrected chi connectivity index (χ4v) is 1.71. The number of benzene rings is 2. The van der Waals surface area contributed by atoms with Gasteiger partial charge in [-0.1, -0.05) is 54.6 Å². The molecule has 1 aliphatic rings. The monoisotopic (exact) mass is 219 g/mol. The van der Waals surface area contributed by atoms with Gasteiger partial charge in [-0.05, 0) is 29.7 Å². The summed E-state index contributed by atoms with van der Waals surface area (Å²) in [7, 11) is 0. The zero-order valence-corrected chi connectivity index (χ0v) is 9.51. The lowest BCUT2D eigenvalue weighted by Crippen LogP contribution is -1.76. The van der Waals surface area contributed by atoms with Gasteiger partial charge in [0.15, 0.2) is 0 Å². The van der Waals surface area contributed by atoms with E-state index in [9.17, 15) is 0 Å². The summed E-state index contributed by atoms with van der Waals surface area (Å²) in [5.41, 5.74) is 3.56. The second-order valence-corrected chi connectivity index (χ2v) is 3.78. The number of nitrogens with zero attached hydrogens (tertiary/aromatic N) is 1. The van der Waals surface area contributed by atoms with Gasteiger partial charge in [-0.3, -0.25) is 0 Å². The van der Waals surface area contributed by atoms with Gasteiger partial charge in [-0.25, -0.2) is 0 Å². The van der Waals surface area contributed by atoms with Crippen LogP contribution in [-0.2, 0) is 6.42 Å². The van der Waals surface area contributed by atoms with Gasteiger partial charge in [0.25, 0.3) is 0 Å². The Labute approximate surface area is 102 Å². The predicted molar refractivity (Wildman–Crippen MR) is 70.3 cm³/mol. The van der Waals surface area contributed by atoms with Gasteiger partial charge in [0.1, 0.15) is 0 Å². The van der Waals surface area contributed by atoms with Crippen LogP contribution in [0.5, 0.6) is 0 Å². The van der Waals surface area contributed by atoms with E-state index in [1.807, 2.05) is 24.3 Å². The third kappa shape index (κ3) is 3.06. The lowest BCUT2D eigenvalue weighted by molar-refractivity contribution is 1.31. The SMILES string of the molecule is C1=Cc2ccccc2C1.N#Cc1ccccc1. The second-order valence-electron chi connectivity index (χ2n) is 3.78. The standard InChI is InChI=1S/C9H8.C7H5N/c1-2-5-9-7-3-6-8(9)4-1;8-6-7-4-2-1-3-5-7/h1-6H,7H2;1-5H. The molecule has 0 amide bonds. The Morgan fingerprint density at radius 3 is 2.24 bits per heavy atom. The molecule has 0 heterocycles. The van der Waals surface area contributed by atoms with E-state index in [2.05, 4.69) is 36.4 Å². The molecule has 1 heteroatoms. The predicted octanol–water partition coefficient (Wildman–Crippen LogP) is 3.81. The first-order chi connectivity index (χ1) is 8.40. The number of allylic oxidation sites excluding steroid dienone is 1. The minimum atomic E-state index is 0.715. The van der Waals surface area contributed by atoms with E-state index in [0.29, 0.717) is 5.56 Å². The van der Waals surface area contributed by atoms with Gasteiger partial charge in [-0.2, -0.15) is 5.26 Å². The summed E-state index contributed by atoms with van der Waals surface area (Å²) in [5, 5.41) is 8.29. The molecule has 1 nitrogen and oxygen atoms in total. The van der Waals surface area contributed by atoms with Crippen LogP contribution in [0.3, 0.4) is 0 Å². The molecule has 0 fully saturated rings. The zero-order chi connectivity index (χ0) is 11.9. The maximum absolute atomic E-state index is 8.29. The van der Waals surface area contributed by atoms with Crippen LogP contribution in [0.25, 0.3) is 6.08 Å². The molecule has 1 aliphatic carbocycles. The van der Waals surface area contributed by atoms with Gasteiger partial charge in [0.2, 0.25) is 0 Å². The molecule has 0 bridgehead atoms. The maximum atomic E-state index is 8.29. The van der Waals surface area contributed by atoms with Gasteiger partial charge in [0.05, 0.1) is 11.6 Å². The summed E-state index contributed by atoms with van der Waals surface area (Å²) in [4.78, 5) is 0. The highest BCUT2D eigenvalue weighted by atomic mass is 14.2. The summed E-state index contributed by atoms with van der Waals surface area (Å²) < 4.78 is 0. The highest BCUT2D eigenvalue weighted by Gasteiger charge is 2.00. The number of nitriles is 1. The van der Waals surface area contributed by atoms with Crippen molar-refractivity contribution < 1.29 is 0 Å². The van der Waals surface area contributed by atoms with Crippen LogP contribution in [0.15, 0.2) is 60.7 Å². The van der Waals surface area contributed by atoms with E-state index in [1.54, 1.807) is 12.1 Å². The third-order valence-corrected chi connectivity index (χ3v) is 2.59. The van der Waals surface area contributed by atoms with Crippen LogP contribution < -0.4 is 0 Å². The van der Waals surface area contributed by atoms with Crippen molar-refractivity contribution in [3.8, 4) is 6.07 Å². The highest BCUT2D eigenvalue weighted by molar-refractivity contribution is 5.59. The van der Waals surface area contributed by atoms with Crippen molar-refractivity contribution in [3.63, 3.8) is 0 Å². The Bertz CT molecular complexity index is 547. The molecule has 0 atom stereocenters. The van der Waals surface area contributed by atoms with Crippen molar-refractivity contribution in [2.75, 3.05) is 0 Å². The molecule has 0 N–H and O–H groups in total. The van der Waals surface area contributed by atoms with Crippen molar-refractivity contribution in [1.29, 1.82) is 5.26 Å². The zero-order valence-electron chi connectivity index (χ0n) is 9.51. The average molecular weight is 219 g/mol. The minimum Gasteiger partial charge on any atom is -0.192 e. The van der Waals surface area contributed by atoms with Gasteiger partial charge in [0, 0.05) is 0 Å². The number of hydrogen-bond donors (Lipinski definition) is 0. The summed E-state index contributed by atoms with van der Waals surface area (Å²) in [6.07, 6.45) is 5.50. The van der Waals surface area contributed by atoms with E-state index < -0.39 is 0 Å². The fourth-order valence-electron chi connectivity index (χ4n) is 1.71. The molecular formula is C16H13N. The second kappa shape index (κ2) is 5.67. The molecule has 2 aromatic carbocycles. The number of fused-ring (bicyclic) bond motifs is 1. The Morgan fingerprint density at radius 1 is 0.882 bits per heavy atom. The highest BCUT2D eigenvalue weighted by Crippen LogP contribution is 2.17. The summed E-state index contributed by atoms with van der Waals surface area (Å²) >= 11 is 0. The lowest BCUT2D eigenvalue weighted by Gasteiger charge is -1.93. The van der Waals surface area contributed by atoms with E-state index in [1.165, 1.54) is 11.1 Å². The molecule has 0 saturated carbocycles. The molecule has 2 aromatic rings. The lowest BCUT2D eigenvalue weighted by atomic mass is 10.1. The molecule has 0 aromatic heterocycles. The van der Waals surface area contributed by atoms with Crippen LogP contribution in [0.2, 0.25) is 0 Å². The summed E-state index contributed by atoms with van der Waals surface area (Å²) in [6, 6.07) is 19.7. The minimum absolute atomic E-state index is 0.715. The maximum Gasteiger partial charge on any atom is 0.0991 e. The molecule has 0 aliphatic heterocycles.